The van der Waals surface area contributed by atoms with Crippen molar-refractivity contribution in [3.8, 4) is 0 Å². The number of rotatable bonds is 3. The van der Waals surface area contributed by atoms with Gasteiger partial charge in [0.15, 0.2) is 0 Å². The van der Waals surface area contributed by atoms with Gasteiger partial charge in [-0.1, -0.05) is 20.8 Å². The molecule has 0 spiro atoms. The van der Waals surface area contributed by atoms with E-state index in [0.717, 1.165) is 0 Å². The molecule has 0 aliphatic carbocycles. The Labute approximate surface area is 132 Å². The first-order valence-electron chi connectivity index (χ1n) is 5.62. The minimum Gasteiger partial charge on any atom is -0.326 e. The van der Waals surface area contributed by atoms with Gasteiger partial charge in [-0.15, -0.1) is 0 Å². The molecule has 0 aromatic heterocycles. The maximum absolute atomic E-state index is 2.60. The van der Waals surface area contributed by atoms with Gasteiger partial charge in [0.05, 0.1) is 0 Å². The molecule has 78 valence electrons. The van der Waals surface area contributed by atoms with E-state index in [0.29, 0.717) is 5.41 Å². The van der Waals surface area contributed by atoms with Crippen LogP contribution in [0.3, 0.4) is 0 Å². The molecule has 1 rings (SSSR count). The minimum atomic E-state index is 0. The van der Waals surface area contributed by atoms with Crippen LogP contribution in [0.2, 0.25) is 0 Å². The quantitative estimate of drug-likeness (QED) is 0.483. The maximum atomic E-state index is 2.60. The summed E-state index contributed by atoms with van der Waals surface area (Å²) in [6.07, 6.45) is 7.74. The summed E-state index contributed by atoms with van der Waals surface area (Å²) in [5.74, 6) is 0. The predicted molar refractivity (Wildman–Crippen MR) is 58.7 cm³/mol. The van der Waals surface area contributed by atoms with E-state index in [2.05, 4.69) is 32.1 Å². The van der Waals surface area contributed by atoms with Gasteiger partial charge in [0.2, 0.25) is 0 Å². The van der Waals surface area contributed by atoms with Crippen LogP contribution in [0.15, 0.2) is 0 Å². The second kappa shape index (κ2) is 7.80. The fourth-order valence-corrected chi connectivity index (χ4v) is 1.86. The Morgan fingerprint density at radius 1 is 1.14 bits per heavy atom. The SMILES string of the molecule is CC(C)(C)CCCN1CC[CH-]CC1.[K+]. The Balaban J connectivity index is 0.00000169. The summed E-state index contributed by atoms with van der Waals surface area (Å²) in [5.41, 5.74) is 0.516. The monoisotopic (exact) mass is 221 g/mol. The molecular formula is C12H24KN. The van der Waals surface area contributed by atoms with Crippen molar-refractivity contribution in [3.63, 3.8) is 0 Å². The van der Waals surface area contributed by atoms with Crippen molar-refractivity contribution in [2.45, 2.75) is 46.5 Å². The van der Waals surface area contributed by atoms with Crippen LogP contribution in [0.4, 0.5) is 0 Å². The molecule has 0 unspecified atom stereocenters. The van der Waals surface area contributed by atoms with E-state index in [1.54, 1.807) is 0 Å². The fourth-order valence-electron chi connectivity index (χ4n) is 1.86. The smallest absolute Gasteiger partial charge is 0.326 e. The first kappa shape index (κ1) is 15.6. The normalized spacial score (nSPS) is 19.1. The van der Waals surface area contributed by atoms with Gasteiger partial charge in [-0.25, -0.2) is 0 Å². The van der Waals surface area contributed by atoms with Gasteiger partial charge in [-0.05, 0) is 37.9 Å². The number of hydrogen-bond donors (Lipinski definition) is 0. The van der Waals surface area contributed by atoms with E-state index < -0.39 is 0 Å². The van der Waals surface area contributed by atoms with Crippen molar-refractivity contribution >= 4 is 0 Å². The molecule has 0 aromatic rings. The zero-order valence-electron chi connectivity index (χ0n) is 10.5. The first-order valence-corrected chi connectivity index (χ1v) is 5.62. The molecule has 1 nitrogen and oxygen atoms in total. The molecule has 1 saturated heterocycles. The molecule has 0 radical (unpaired) electrons. The maximum Gasteiger partial charge on any atom is 1.00 e. The van der Waals surface area contributed by atoms with Crippen molar-refractivity contribution in [1.29, 1.82) is 0 Å². The van der Waals surface area contributed by atoms with Crippen LogP contribution < -0.4 is 51.4 Å². The Morgan fingerprint density at radius 2 is 1.71 bits per heavy atom. The molecular weight excluding hydrogens is 197 g/mol. The Kier molecular flexibility index (Phi) is 8.69. The summed E-state index contributed by atoms with van der Waals surface area (Å²) in [6, 6.07) is 0. The molecule has 0 aromatic carbocycles. The average Bonchev–Trinajstić information content (AvgIpc) is 2.04. The van der Waals surface area contributed by atoms with Crippen molar-refractivity contribution in [2.24, 2.45) is 5.41 Å². The molecule has 0 saturated carbocycles. The summed E-state index contributed by atoms with van der Waals surface area (Å²) in [4.78, 5) is 2.60. The number of likely N-dealkylation sites (tertiary alicyclic amines) is 1. The molecule has 0 amide bonds. The second-order valence-electron chi connectivity index (χ2n) is 5.37. The Morgan fingerprint density at radius 3 is 2.21 bits per heavy atom. The van der Waals surface area contributed by atoms with E-state index in [-0.39, 0.29) is 51.4 Å². The van der Waals surface area contributed by atoms with Crippen LogP contribution in [0, 0.1) is 11.8 Å². The predicted octanol–water partition coefficient (Wildman–Crippen LogP) is 0.117. The molecule has 2 heteroatoms. The molecule has 14 heavy (non-hydrogen) atoms. The third kappa shape index (κ3) is 7.83. The van der Waals surface area contributed by atoms with Crippen LogP contribution in [0.1, 0.15) is 46.5 Å². The largest absolute Gasteiger partial charge is 1.00 e. The molecule has 0 atom stereocenters. The summed E-state index contributed by atoms with van der Waals surface area (Å²) in [6.45, 7) is 10.9. The van der Waals surface area contributed by atoms with Crippen LogP contribution in [0.25, 0.3) is 0 Å². The van der Waals surface area contributed by atoms with Gasteiger partial charge < -0.3 is 11.3 Å². The van der Waals surface area contributed by atoms with Gasteiger partial charge in [0.1, 0.15) is 0 Å². The van der Waals surface area contributed by atoms with Crippen LogP contribution in [-0.2, 0) is 0 Å². The Hall–Kier alpha value is 1.60. The van der Waals surface area contributed by atoms with Gasteiger partial charge >= 0.3 is 51.4 Å². The van der Waals surface area contributed by atoms with E-state index >= 15 is 0 Å². The molecule has 1 heterocycles. The van der Waals surface area contributed by atoms with Gasteiger partial charge in [-0.3, -0.25) is 0 Å². The van der Waals surface area contributed by atoms with Crippen molar-refractivity contribution in [1.82, 2.24) is 4.90 Å². The zero-order chi connectivity index (χ0) is 9.73. The molecule has 0 bridgehead atoms. The van der Waals surface area contributed by atoms with Crippen molar-refractivity contribution in [2.75, 3.05) is 19.6 Å². The van der Waals surface area contributed by atoms with E-state index in [1.165, 1.54) is 45.3 Å². The summed E-state index contributed by atoms with van der Waals surface area (Å²) < 4.78 is 0. The van der Waals surface area contributed by atoms with E-state index in [4.69, 9.17) is 0 Å². The fraction of sp³-hybridized carbons (Fsp3) is 0.917. The van der Waals surface area contributed by atoms with Crippen LogP contribution in [-0.4, -0.2) is 24.5 Å². The van der Waals surface area contributed by atoms with Gasteiger partial charge in [0, 0.05) is 0 Å². The topological polar surface area (TPSA) is 3.24 Å². The van der Waals surface area contributed by atoms with Crippen molar-refractivity contribution < 1.29 is 51.4 Å². The number of nitrogens with zero attached hydrogens (tertiary/aromatic N) is 1. The zero-order valence-corrected chi connectivity index (χ0v) is 13.6. The number of hydrogen-bond acceptors (Lipinski definition) is 1. The van der Waals surface area contributed by atoms with Crippen LogP contribution >= 0.6 is 0 Å². The van der Waals surface area contributed by atoms with Crippen molar-refractivity contribution in [3.05, 3.63) is 6.42 Å². The molecule has 1 aliphatic heterocycles. The summed E-state index contributed by atoms with van der Waals surface area (Å²) >= 11 is 0. The van der Waals surface area contributed by atoms with Gasteiger partial charge in [0.25, 0.3) is 0 Å². The third-order valence-electron chi connectivity index (χ3n) is 2.70. The first-order chi connectivity index (χ1) is 6.08. The van der Waals surface area contributed by atoms with E-state index in [1.807, 2.05) is 0 Å². The van der Waals surface area contributed by atoms with Gasteiger partial charge in [-0.2, -0.15) is 12.8 Å². The summed E-state index contributed by atoms with van der Waals surface area (Å²) in [7, 11) is 0. The standard InChI is InChI=1S/C12H24N.K/c1-12(2,3)8-7-11-13-9-5-4-6-10-13;/h4H,5-11H2,1-3H3;/q-1;+1. The molecule has 0 N–H and O–H groups in total. The Bertz CT molecular complexity index is 134. The third-order valence-corrected chi connectivity index (χ3v) is 2.70. The second-order valence-corrected chi connectivity index (χ2v) is 5.37. The molecule has 1 aliphatic rings. The summed E-state index contributed by atoms with van der Waals surface area (Å²) in [5, 5.41) is 0. The van der Waals surface area contributed by atoms with E-state index in [9.17, 15) is 0 Å². The average molecular weight is 221 g/mol. The minimum absolute atomic E-state index is 0. The molecule has 1 fully saturated rings. The van der Waals surface area contributed by atoms with Crippen LogP contribution in [0.5, 0.6) is 0 Å². The number of piperidine rings is 1.